The first-order valence-corrected chi connectivity index (χ1v) is 7.81. The van der Waals surface area contributed by atoms with Gasteiger partial charge < -0.3 is 5.32 Å². The van der Waals surface area contributed by atoms with Gasteiger partial charge in [0.2, 0.25) is 0 Å². The summed E-state index contributed by atoms with van der Waals surface area (Å²) in [6.45, 7) is 0.484. The Morgan fingerprint density at radius 1 is 1.39 bits per heavy atom. The predicted molar refractivity (Wildman–Crippen MR) is 68.5 cm³/mol. The number of aromatic nitrogens is 2. The fourth-order valence-corrected chi connectivity index (χ4v) is 3.78. The normalized spacial score (nSPS) is 18.1. The fraction of sp³-hybridized carbons (Fsp3) is 0.727. The number of H-pyrrole nitrogens is 1. The molecule has 1 aromatic heterocycles. The number of nitrogens with zero attached hydrogens (tertiary/aromatic N) is 1. The van der Waals surface area contributed by atoms with Crippen LogP contribution in [0, 0.1) is 0 Å². The Morgan fingerprint density at radius 3 is 2.78 bits per heavy atom. The summed E-state index contributed by atoms with van der Waals surface area (Å²) in [5, 5.41) is 9.51. The van der Waals surface area contributed by atoms with E-state index in [1.54, 1.807) is 13.2 Å². The van der Waals surface area contributed by atoms with E-state index in [-0.39, 0.29) is 11.1 Å². The molecule has 0 radical (unpaired) electrons. The highest BCUT2D eigenvalue weighted by Crippen LogP contribution is 2.20. The molecule has 6 nitrogen and oxygen atoms in total. The zero-order valence-electron chi connectivity index (χ0n) is 10.6. The molecule has 18 heavy (non-hydrogen) atoms. The van der Waals surface area contributed by atoms with Gasteiger partial charge in [-0.1, -0.05) is 19.3 Å². The van der Waals surface area contributed by atoms with E-state index < -0.39 is 10.0 Å². The summed E-state index contributed by atoms with van der Waals surface area (Å²) in [6, 6.07) is 0.0643. The predicted octanol–water partition coefficient (Wildman–Crippen LogP) is 0.740. The fourth-order valence-electron chi connectivity index (χ4n) is 2.35. The summed E-state index contributed by atoms with van der Waals surface area (Å²) in [6.07, 6.45) is 6.79. The first kappa shape index (κ1) is 13.5. The van der Waals surface area contributed by atoms with Gasteiger partial charge in [0.05, 0.1) is 6.20 Å². The van der Waals surface area contributed by atoms with Crippen LogP contribution in [0.25, 0.3) is 0 Å². The number of hydrogen-bond donors (Lipinski definition) is 3. The van der Waals surface area contributed by atoms with Crippen LogP contribution in [0.3, 0.4) is 0 Å². The van der Waals surface area contributed by atoms with E-state index in [2.05, 4.69) is 20.2 Å². The smallest absolute Gasteiger partial charge is 0.258 e. The summed E-state index contributed by atoms with van der Waals surface area (Å²) in [5.41, 5.74) is 0.667. The third-order valence-electron chi connectivity index (χ3n) is 3.24. The number of sulfonamides is 1. The van der Waals surface area contributed by atoms with Crippen molar-refractivity contribution in [2.45, 2.75) is 49.7 Å². The van der Waals surface area contributed by atoms with Crippen LogP contribution in [0.1, 0.15) is 37.7 Å². The van der Waals surface area contributed by atoms with E-state index in [4.69, 9.17) is 0 Å². The molecule has 2 rings (SSSR count). The molecule has 1 aliphatic rings. The summed E-state index contributed by atoms with van der Waals surface area (Å²) >= 11 is 0. The van der Waals surface area contributed by atoms with Gasteiger partial charge in [0.15, 0.2) is 5.03 Å². The molecule has 1 aliphatic carbocycles. The maximum absolute atomic E-state index is 12.2. The molecule has 1 aromatic rings. The van der Waals surface area contributed by atoms with Crippen LogP contribution in [0.5, 0.6) is 0 Å². The zero-order valence-corrected chi connectivity index (χ0v) is 11.4. The molecule has 0 atom stereocenters. The minimum atomic E-state index is -3.48. The van der Waals surface area contributed by atoms with Crippen molar-refractivity contribution in [2.24, 2.45) is 0 Å². The topological polar surface area (TPSA) is 86.9 Å². The lowest BCUT2D eigenvalue weighted by Gasteiger charge is -2.22. The van der Waals surface area contributed by atoms with Gasteiger partial charge in [-0.15, -0.1) is 0 Å². The zero-order chi connectivity index (χ0) is 13.0. The Balaban J connectivity index is 2.11. The standard InChI is InChI=1S/C11H20N4O2S/c1-12-7-9-8-13-14-11(9)18(16,17)15-10-5-3-2-4-6-10/h8,10,12,15H,2-7H2,1H3,(H,13,14). The van der Waals surface area contributed by atoms with Crippen LogP contribution in [0.15, 0.2) is 11.2 Å². The quantitative estimate of drug-likeness (QED) is 0.738. The van der Waals surface area contributed by atoms with Crippen molar-refractivity contribution in [1.82, 2.24) is 20.2 Å². The third-order valence-corrected chi connectivity index (χ3v) is 4.78. The molecule has 0 aliphatic heterocycles. The maximum atomic E-state index is 12.2. The summed E-state index contributed by atoms with van der Waals surface area (Å²) in [4.78, 5) is 0. The first-order valence-electron chi connectivity index (χ1n) is 6.32. The second-order valence-corrected chi connectivity index (χ2v) is 6.36. The molecule has 1 heterocycles. The average Bonchev–Trinajstić information content (AvgIpc) is 2.79. The van der Waals surface area contributed by atoms with Crippen molar-refractivity contribution in [2.75, 3.05) is 7.05 Å². The van der Waals surface area contributed by atoms with Crippen LogP contribution in [0.4, 0.5) is 0 Å². The summed E-state index contributed by atoms with van der Waals surface area (Å²) < 4.78 is 27.3. The Hall–Kier alpha value is -0.920. The molecule has 3 N–H and O–H groups in total. The van der Waals surface area contributed by atoms with Crippen molar-refractivity contribution in [3.63, 3.8) is 0 Å². The molecule has 0 bridgehead atoms. The highest BCUT2D eigenvalue weighted by Gasteiger charge is 2.25. The van der Waals surface area contributed by atoms with Gasteiger partial charge in [-0.05, 0) is 19.9 Å². The number of nitrogens with one attached hydrogen (secondary N) is 3. The van der Waals surface area contributed by atoms with Crippen LogP contribution >= 0.6 is 0 Å². The van der Waals surface area contributed by atoms with Gasteiger partial charge >= 0.3 is 0 Å². The van der Waals surface area contributed by atoms with Gasteiger partial charge in [-0.3, -0.25) is 5.10 Å². The average molecular weight is 272 g/mol. The van der Waals surface area contributed by atoms with Gasteiger partial charge in [-0.25, -0.2) is 13.1 Å². The second-order valence-electron chi connectivity index (χ2n) is 4.71. The van der Waals surface area contributed by atoms with E-state index in [0.29, 0.717) is 12.1 Å². The molecule has 0 amide bonds. The number of hydrogen-bond acceptors (Lipinski definition) is 4. The molecule has 102 valence electrons. The highest BCUT2D eigenvalue weighted by molar-refractivity contribution is 7.89. The Bertz CT molecular complexity index is 477. The van der Waals surface area contributed by atoms with Gasteiger partial charge in [0.25, 0.3) is 10.0 Å². The highest BCUT2D eigenvalue weighted by atomic mass is 32.2. The van der Waals surface area contributed by atoms with Crippen molar-refractivity contribution >= 4 is 10.0 Å². The van der Waals surface area contributed by atoms with Gasteiger partial charge in [-0.2, -0.15) is 5.10 Å². The second kappa shape index (κ2) is 5.81. The van der Waals surface area contributed by atoms with Crippen LogP contribution in [-0.2, 0) is 16.6 Å². The molecule has 0 unspecified atom stereocenters. The molecule has 1 saturated carbocycles. The molecule has 0 spiro atoms. The first-order chi connectivity index (χ1) is 8.63. The van der Waals surface area contributed by atoms with Crippen molar-refractivity contribution in [3.8, 4) is 0 Å². The molecule has 7 heteroatoms. The Morgan fingerprint density at radius 2 is 2.11 bits per heavy atom. The maximum Gasteiger partial charge on any atom is 0.258 e. The lowest BCUT2D eigenvalue weighted by Crippen LogP contribution is -2.36. The third kappa shape index (κ3) is 3.09. The summed E-state index contributed by atoms with van der Waals surface area (Å²) in [7, 11) is -1.70. The molecule has 0 saturated heterocycles. The van der Waals surface area contributed by atoms with Crippen LogP contribution in [0.2, 0.25) is 0 Å². The minimum Gasteiger partial charge on any atom is -0.316 e. The van der Waals surface area contributed by atoms with E-state index >= 15 is 0 Å². The van der Waals surface area contributed by atoms with Crippen molar-refractivity contribution in [1.29, 1.82) is 0 Å². The lowest BCUT2D eigenvalue weighted by atomic mass is 9.96. The SMILES string of the molecule is CNCc1cn[nH]c1S(=O)(=O)NC1CCCCC1. The van der Waals surface area contributed by atoms with Gasteiger partial charge in [0.1, 0.15) is 0 Å². The lowest BCUT2D eigenvalue weighted by molar-refractivity contribution is 0.411. The summed E-state index contributed by atoms with van der Waals surface area (Å²) in [5.74, 6) is 0. The number of rotatable bonds is 5. The van der Waals surface area contributed by atoms with E-state index in [0.717, 1.165) is 25.7 Å². The minimum absolute atomic E-state index is 0.0643. The molecular formula is C11H20N4O2S. The Labute approximate surface area is 108 Å². The monoisotopic (exact) mass is 272 g/mol. The molecular weight excluding hydrogens is 252 g/mol. The van der Waals surface area contributed by atoms with E-state index in [9.17, 15) is 8.42 Å². The van der Waals surface area contributed by atoms with E-state index in [1.165, 1.54) is 6.42 Å². The van der Waals surface area contributed by atoms with E-state index in [1.807, 2.05) is 0 Å². The molecule has 1 fully saturated rings. The largest absolute Gasteiger partial charge is 0.316 e. The Kier molecular flexibility index (Phi) is 4.36. The van der Waals surface area contributed by atoms with Crippen molar-refractivity contribution in [3.05, 3.63) is 11.8 Å². The van der Waals surface area contributed by atoms with Crippen LogP contribution in [-0.4, -0.2) is 31.7 Å². The number of aromatic amines is 1. The van der Waals surface area contributed by atoms with Crippen LogP contribution < -0.4 is 10.0 Å². The molecule has 0 aromatic carbocycles. The van der Waals surface area contributed by atoms with Gasteiger partial charge in [0, 0.05) is 18.2 Å². The van der Waals surface area contributed by atoms with Crippen molar-refractivity contribution < 1.29 is 8.42 Å².